The van der Waals surface area contributed by atoms with Gasteiger partial charge in [-0.3, -0.25) is 4.99 Å². The SMILES string of the molecule is CN=C(NCCCOC1CCCc2ccccc21)NCc1ccc(S(C)(=O)=O)c(C)c1. The van der Waals surface area contributed by atoms with Gasteiger partial charge in [-0.25, -0.2) is 8.42 Å². The summed E-state index contributed by atoms with van der Waals surface area (Å²) in [5.41, 5.74) is 4.52. The van der Waals surface area contributed by atoms with E-state index in [9.17, 15) is 8.42 Å². The molecule has 0 aromatic heterocycles. The molecule has 0 radical (unpaired) electrons. The third kappa shape index (κ3) is 6.55. The van der Waals surface area contributed by atoms with E-state index in [1.807, 2.05) is 19.1 Å². The molecule has 0 bridgehead atoms. The van der Waals surface area contributed by atoms with E-state index < -0.39 is 9.84 Å². The minimum Gasteiger partial charge on any atom is -0.373 e. The number of aryl methyl sites for hydroxylation is 2. The lowest BCUT2D eigenvalue weighted by molar-refractivity contribution is 0.0398. The van der Waals surface area contributed by atoms with E-state index in [4.69, 9.17) is 4.74 Å². The number of rotatable bonds is 8. The van der Waals surface area contributed by atoms with Gasteiger partial charge in [0.15, 0.2) is 15.8 Å². The fourth-order valence-electron chi connectivity index (χ4n) is 4.03. The standard InChI is InChI=1S/C24H33N3O3S/c1-18-16-19(12-13-23(18)31(3,28)29)17-27-24(25-2)26-14-7-15-30-22-11-6-9-20-8-4-5-10-21(20)22/h4-5,8,10,12-13,16,22H,6-7,9,11,14-15,17H2,1-3H3,(H2,25,26,27). The van der Waals surface area contributed by atoms with Crippen molar-refractivity contribution in [1.29, 1.82) is 0 Å². The summed E-state index contributed by atoms with van der Waals surface area (Å²) in [4.78, 5) is 4.63. The Morgan fingerprint density at radius 3 is 2.74 bits per heavy atom. The van der Waals surface area contributed by atoms with Crippen molar-refractivity contribution in [2.45, 2.75) is 50.2 Å². The van der Waals surface area contributed by atoms with Gasteiger partial charge >= 0.3 is 0 Å². The molecule has 2 N–H and O–H groups in total. The third-order valence-corrected chi connectivity index (χ3v) is 6.83. The molecule has 1 aliphatic rings. The number of nitrogens with zero attached hydrogens (tertiary/aromatic N) is 1. The molecular formula is C24H33N3O3S. The number of aliphatic imine (C=N–C) groups is 1. The van der Waals surface area contributed by atoms with E-state index in [0.717, 1.165) is 36.9 Å². The van der Waals surface area contributed by atoms with E-state index in [-0.39, 0.29) is 6.10 Å². The second-order valence-corrected chi connectivity index (χ2v) is 10.0. The lowest BCUT2D eigenvalue weighted by Gasteiger charge is -2.25. The van der Waals surface area contributed by atoms with Crippen molar-refractivity contribution in [3.8, 4) is 0 Å². The smallest absolute Gasteiger partial charge is 0.191 e. The molecular weight excluding hydrogens is 410 g/mol. The van der Waals surface area contributed by atoms with Crippen LogP contribution in [0.5, 0.6) is 0 Å². The van der Waals surface area contributed by atoms with Crippen molar-refractivity contribution in [2.24, 2.45) is 4.99 Å². The predicted octanol–water partition coefficient (Wildman–Crippen LogP) is 3.55. The van der Waals surface area contributed by atoms with Crippen LogP contribution in [0.2, 0.25) is 0 Å². The van der Waals surface area contributed by atoms with Crippen LogP contribution in [0.25, 0.3) is 0 Å². The molecule has 6 nitrogen and oxygen atoms in total. The predicted molar refractivity (Wildman–Crippen MR) is 125 cm³/mol. The molecule has 1 unspecified atom stereocenters. The summed E-state index contributed by atoms with van der Waals surface area (Å²) < 4.78 is 29.7. The van der Waals surface area contributed by atoms with Crippen LogP contribution < -0.4 is 10.6 Å². The molecule has 168 valence electrons. The molecule has 0 amide bonds. The normalized spacial score (nSPS) is 16.6. The number of sulfone groups is 1. The van der Waals surface area contributed by atoms with E-state index >= 15 is 0 Å². The third-order valence-electron chi connectivity index (χ3n) is 5.57. The topological polar surface area (TPSA) is 79.8 Å². The highest BCUT2D eigenvalue weighted by molar-refractivity contribution is 7.90. The molecule has 0 aliphatic heterocycles. The first-order chi connectivity index (χ1) is 14.9. The summed E-state index contributed by atoms with van der Waals surface area (Å²) in [6, 6.07) is 14.0. The number of guanidine groups is 1. The highest BCUT2D eigenvalue weighted by Gasteiger charge is 2.19. The van der Waals surface area contributed by atoms with Crippen molar-refractivity contribution in [3.63, 3.8) is 0 Å². The Morgan fingerprint density at radius 2 is 2.00 bits per heavy atom. The van der Waals surface area contributed by atoms with Gasteiger partial charge in [0.2, 0.25) is 0 Å². The van der Waals surface area contributed by atoms with Crippen molar-refractivity contribution >= 4 is 15.8 Å². The maximum atomic E-state index is 11.8. The molecule has 0 saturated heterocycles. The Hall–Kier alpha value is -2.38. The van der Waals surface area contributed by atoms with Gasteiger partial charge in [0.25, 0.3) is 0 Å². The Bertz CT molecular complexity index is 1020. The van der Waals surface area contributed by atoms with Crippen LogP contribution in [-0.2, 0) is 27.5 Å². The van der Waals surface area contributed by atoms with E-state index in [2.05, 4.69) is 39.9 Å². The highest BCUT2D eigenvalue weighted by Crippen LogP contribution is 2.32. The van der Waals surface area contributed by atoms with Gasteiger partial charge in [-0.05, 0) is 60.9 Å². The average molecular weight is 444 g/mol. The Balaban J connectivity index is 1.40. The van der Waals surface area contributed by atoms with Gasteiger partial charge in [0.05, 0.1) is 11.0 Å². The summed E-state index contributed by atoms with van der Waals surface area (Å²) in [6.45, 7) is 3.85. The van der Waals surface area contributed by atoms with Gasteiger partial charge in [-0.1, -0.05) is 36.4 Å². The monoisotopic (exact) mass is 443 g/mol. The minimum atomic E-state index is -3.20. The number of ether oxygens (including phenoxy) is 1. The molecule has 0 spiro atoms. The van der Waals surface area contributed by atoms with Crippen LogP contribution in [0.15, 0.2) is 52.4 Å². The molecule has 0 fully saturated rings. The van der Waals surface area contributed by atoms with Crippen LogP contribution in [0.1, 0.15) is 47.6 Å². The number of hydrogen-bond acceptors (Lipinski definition) is 4. The zero-order valence-corrected chi connectivity index (χ0v) is 19.5. The van der Waals surface area contributed by atoms with E-state index in [0.29, 0.717) is 24.0 Å². The first-order valence-electron chi connectivity index (χ1n) is 10.8. The maximum absolute atomic E-state index is 11.8. The molecule has 2 aromatic carbocycles. The summed E-state index contributed by atoms with van der Waals surface area (Å²) in [5, 5.41) is 6.58. The largest absolute Gasteiger partial charge is 0.373 e. The minimum absolute atomic E-state index is 0.209. The molecule has 31 heavy (non-hydrogen) atoms. The fraction of sp³-hybridized carbons (Fsp3) is 0.458. The zero-order chi connectivity index (χ0) is 22.3. The van der Waals surface area contributed by atoms with Crippen molar-refractivity contribution < 1.29 is 13.2 Å². The van der Waals surface area contributed by atoms with Crippen molar-refractivity contribution in [3.05, 3.63) is 64.7 Å². The Labute approximate surface area is 186 Å². The summed E-state index contributed by atoms with van der Waals surface area (Å²) in [6.07, 6.45) is 5.75. The lowest BCUT2D eigenvalue weighted by Crippen LogP contribution is -2.37. The maximum Gasteiger partial charge on any atom is 0.191 e. The number of hydrogen-bond donors (Lipinski definition) is 2. The molecule has 3 rings (SSSR count). The molecule has 2 aromatic rings. The second-order valence-electron chi connectivity index (χ2n) is 8.03. The molecule has 7 heteroatoms. The van der Waals surface area contributed by atoms with Gasteiger partial charge < -0.3 is 15.4 Å². The first kappa shape index (κ1) is 23.3. The van der Waals surface area contributed by atoms with Crippen LogP contribution in [0.3, 0.4) is 0 Å². The highest BCUT2D eigenvalue weighted by atomic mass is 32.2. The van der Waals surface area contributed by atoms with E-state index in [1.165, 1.54) is 23.8 Å². The van der Waals surface area contributed by atoms with Crippen LogP contribution in [0, 0.1) is 6.92 Å². The Kier molecular flexibility index (Phi) is 8.09. The molecule has 0 heterocycles. The van der Waals surface area contributed by atoms with Gasteiger partial charge in [-0.15, -0.1) is 0 Å². The number of nitrogens with one attached hydrogen (secondary N) is 2. The van der Waals surface area contributed by atoms with Crippen molar-refractivity contribution in [2.75, 3.05) is 26.5 Å². The number of benzene rings is 2. The summed E-state index contributed by atoms with van der Waals surface area (Å²) in [7, 11) is -1.46. The average Bonchev–Trinajstić information content (AvgIpc) is 2.75. The fourth-order valence-corrected chi connectivity index (χ4v) is 4.99. The van der Waals surface area contributed by atoms with E-state index in [1.54, 1.807) is 13.1 Å². The van der Waals surface area contributed by atoms with Crippen LogP contribution in [-0.4, -0.2) is 40.8 Å². The molecule has 1 atom stereocenters. The number of fused-ring (bicyclic) bond motifs is 1. The molecule has 1 aliphatic carbocycles. The summed E-state index contributed by atoms with van der Waals surface area (Å²) in [5.74, 6) is 0.716. The van der Waals surface area contributed by atoms with Crippen LogP contribution in [0.4, 0.5) is 0 Å². The van der Waals surface area contributed by atoms with Crippen LogP contribution >= 0.6 is 0 Å². The molecule has 0 saturated carbocycles. The van der Waals surface area contributed by atoms with Crippen molar-refractivity contribution in [1.82, 2.24) is 10.6 Å². The van der Waals surface area contributed by atoms with Gasteiger partial charge in [0, 0.05) is 33.0 Å². The second kappa shape index (κ2) is 10.8. The summed E-state index contributed by atoms with van der Waals surface area (Å²) >= 11 is 0. The quantitative estimate of drug-likeness (QED) is 0.371. The lowest BCUT2D eigenvalue weighted by atomic mass is 9.89. The van der Waals surface area contributed by atoms with Gasteiger partial charge in [0.1, 0.15) is 0 Å². The first-order valence-corrected chi connectivity index (χ1v) is 12.7. The Morgan fingerprint density at radius 1 is 1.19 bits per heavy atom. The van der Waals surface area contributed by atoms with Gasteiger partial charge in [-0.2, -0.15) is 0 Å². The zero-order valence-electron chi connectivity index (χ0n) is 18.6.